The van der Waals surface area contributed by atoms with Crippen LogP contribution in [-0.4, -0.2) is 36.5 Å². The van der Waals surface area contributed by atoms with Crippen LogP contribution in [0.1, 0.15) is 48.9 Å². The number of halogens is 2. The highest BCUT2D eigenvalue weighted by atomic mass is 35.5. The number of nitrogens with one attached hydrogen (secondary N) is 1. The molecule has 31 heavy (non-hydrogen) atoms. The van der Waals surface area contributed by atoms with Gasteiger partial charge in [-0.3, -0.25) is 4.79 Å². The van der Waals surface area contributed by atoms with Crippen LogP contribution in [0.4, 0.5) is 4.39 Å². The molecule has 1 aromatic carbocycles. The van der Waals surface area contributed by atoms with Gasteiger partial charge in [-0.25, -0.2) is 17.8 Å². The molecule has 166 valence electrons. The summed E-state index contributed by atoms with van der Waals surface area (Å²) in [6.07, 6.45) is 9.74. The van der Waals surface area contributed by atoms with Crippen molar-refractivity contribution in [3.8, 4) is 5.75 Å². The summed E-state index contributed by atoms with van der Waals surface area (Å²) in [5.74, 6) is -0.0634. The molecule has 4 aliphatic carbocycles. The van der Waals surface area contributed by atoms with E-state index in [0.29, 0.717) is 6.61 Å². The van der Waals surface area contributed by atoms with Gasteiger partial charge >= 0.3 is 0 Å². The molecule has 1 aromatic heterocycles. The molecule has 2 aromatic rings. The number of rotatable bonds is 7. The second-order valence-corrected chi connectivity index (χ2v) is 11.9. The van der Waals surface area contributed by atoms with Gasteiger partial charge in [-0.15, -0.1) is 0 Å². The van der Waals surface area contributed by atoms with Crippen LogP contribution in [0.5, 0.6) is 5.75 Å². The lowest BCUT2D eigenvalue weighted by Gasteiger charge is -2.56. The second-order valence-electron chi connectivity index (χ2n) is 9.57. The van der Waals surface area contributed by atoms with Crippen LogP contribution in [0.15, 0.2) is 29.7 Å². The van der Waals surface area contributed by atoms with E-state index >= 15 is 0 Å². The predicted octanol–water partition coefficient (Wildman–Crippen LogP) is 4.45. The lowest BCUT2D eigenvalue weighted by Crippen LogP contribution is -2.48. The normalized spacial score (nSPS) is 29.3. The fourth-order valence-corrected chi connectivity index (χ4v) is 7.62. The summed E-state index contributed by atoms with van der Waals surface area (Å²) in [7, 11) is -3.95. The van der Waals surface area contributed by atoms with Gasteiger partial charge in [0.25, 0.3) is 0 Å². The first-order valence-electron chi connectivity index (χ1n) is 10.6. The third-order valence-corrected chi connectivity index (χ3v) is 8.98. The number of imidazole rings is 1. The molecule has 0 spiro atoms. The summed E-state index contributed by atoms with van der Waals surface area (Å²) in [6.45, 7) is 0.497. The minimum absolute atomic E-state index is 0.105. The van der Waals surface area contributed by atoms with Crippen molar-refractivity contribution < 1.29 is 22.3 Å². The molecular weight excluding hydrogens is 443 g/mol. The average Bonchev–Trinajstić information content (AvgIpc) is 3.23. The Kier molecular flexibility index (Phi) is 5.13. The van der Waals surface area contributed by atoms with Crippen molar-refractivity contribution in [1.82, 2.24) is 9.97 Å². The average molecular weight is 467 g/mol. The molecular formula is C22H24ClFN2O4S. The summed E-state index contributed by atoms with van der Waals surface area (Å²) in [4.78, 5) is 18.6. The van der Waals surface area contributed by atoms with Crippen LogP contribution in [0.25, 0.3) is 0 Å². The number of H-pyrrole nitrogens is 1. The van der Waals surface area contributed by atoms with Crippen molar-refractivity contribution in [1.29, 1.82) is 0 Å². The molecule has 4 fully saturated rings. The third-order valence-electron chi connectivity index (χ3n) is 7.15. The van der Waals surface area contributed by atoms with Gasteiger partial charge in [-0.2, -0.15) is 0 Å². The van der Waals surface area contributed by atoms with Crippen LogP contribution < -0.4 is 4.74 Å². The zero-order valence-electron chi connectivity index (χ0n) is 16.9. The highest BCUT2D eigenvalue weighted by molar-refractivity contribution is 7.92. The van der Waals surface area contributed by atoms with E-state index in [1.165, 1.54) is 25.6 Å². The van der Waals surface area contributed by atoms with E-state index in [2.05, 4.69) is 9.97 Å². The van der Waals surface area contributed by atoms with Crippen LogP contribution in [0, 0.1) is 29.0 Å². The highest BCUT2D eigenvalue weighted by Crippen LogP contribution is 2.60. The number of hydrogen-bond acceptors (Lipinski definition) is 5. The largest absolute Gasteiger partial charge is 0.491 e. The summed E-state index contributed by atoms with van der Waals surface area (Å²) in [6, 6.07) is 2.26. The maximum atomic E-state index is 14.7. The molecule has 4 saturated carbocycles. The number of Topliss-reactive ketones (excluding diaryl/α,β-unsaturated/α-hetero) is 1. The van der Waals surface area contributed by atoms with Gasteiger partial charge in [-0.05, 0) is 62.3 Å². The second kappa shape index (κ2) is 7.59. The monoisotopic (exact) mass is 466 g/mol. The number of ether oxygens (including phenoxy) is 1. The van der Waals surface area contributed by atoms with E-state index in [1.807, 2.05) is 0 Å². The van der Waals surface area contributed by atoms with Crippen molar-refractivity contribution in [2.45, 2.75) is 43.6 Å². The van der Waals surface area contributed by atoms with E-state index in [-0.39, 0.29) is 26.8 Å². The van der Waals surface area contributed by atoms with Gasteiger partial charge in [0.1, 0.15) is 17.3 Å². The lowest BCUT2D eigenvalue weighted by atomic mass is 9.50. The molecule has 4 bridgehead atoms. The van der Waals surface area contributed by atoms with E-state index < -0.39 is 27.2 Å². The van der Waals surface area contributed by atoms with Crippen molar-refractivity contribution in [2.75, 3.05) is 12.4 Å². The van der Waals surface area contributed by atoms with Gasteiger partial charge in [0.2, 0.25) is 9.84 Å². The van der Waals surface area contributed by atoms with Gasteiger partial charge < -0.3 is 9.72 Å². The van der Waals surface area contributed by atoms with Gasteiger partial charge in [0.15, 0.2) is 10.8 Å². The summed E-state index contributed by atoms with van der Waals surface area (Å²) < 4.78 is 45.2. The highest BCUT2D eigenvalue weighted by Gasteiger charge is 2.51. The zero-order valence-corrected chi connectivity index (χ0v) is 18.5. The summed E-state index contributed by atoms with van der Waals surface area (Å²) in [5, 5.41) is -0.0868. The number of benzene rings is 1. The Bertz CT molecular complexity index is 1080. The minimum atomic E-state index is -3.95. The lowest BCUT2D eigenvalue weighted by molar-refractivity contribution is -0.0745. The Morgan fingerprint density at radius 3 is 2.42 bits per heavy atom. The van der Waals surface area contributed by atoms with Crippen LogP contribution in [0.3, 0.4) is 0 Å². The molecule has 0 aliphatic heterocycles. The smallest absolute Gasteiger partial charge is 0.202 e. The topological polar surface area (TPSA) is 89.1 Å². The van der Waals surface area contributed by atoms with Gasteiger partial charge in [-0.1, -0.05) is 11.6 Å². The van der Waals surface area contributed by atoms with Crippen molar-refractivity contribution in [2.24, 2.45) is 23.2 Å². The number of carbonyl (C=O) groups excluding carboxylic acids is 1. The molecule has 0 atom stereocenters. The van der Waals surface area contributed by atoms with Crippen molar-refractivity contribution >= 4 is 27.2 Å². The van der Waals surface area contributed by atoms with E-state index in [4.69, 9.17) is 16.3 Å². The van der Waals surface area contributed by atoms with Gasteiger partial charge in [0, 0.05) is 11.5 Å². The number of hydrogen-bond donors (Lipinski definition) is 1. The molecule has 0 amide bonds. The molecule has 4 aliphatic rings. The first-order chi connectivity index (χ1) is 14.7. The van der Waals surface area contributed by atoms with Crippen LogP contribution in [-0.2, 0) is 9.84 Å². The van der Waals surface area contributed by atoms with Gasteiger partial charge in [0.05, 0.1) is 29.7 Å². The van der Waals surface area contributed by atoms with E-state index in [1.54, 1.807) is 0 Å². The summed E-state index contributed by atoms with van der Waals surface area (Å²) >= 11 is 6.29. The minimum Gasteiger partial charge on any atom is -0.491 e. The predicted molar refractivity (Wildman–Crippen MR) is 112 cm³/mol. The SMILES string of the molecule is O=C(CS(=O)(=O)c1cnc[nH]1)c1cc(Cl)c(OCC23CC4CC(CC(C4)C2)C3)cc1F. The van der Waals surface area contributed by atoms with E-state index in [0.717, 1.165) is 55.3 Å². The molecule has 0 unspecified atom stereocenters. The maximum absolute atomic E-state index is 14.7. The van der Waals surface area contributed by atoms with Crippen LogP contribution >= 0.6 is 11.6 Å². The maximum Gasteiger partial charge on any atom is 0.202 e. The standard InChI is InChI=1S/C22H24ClFN2O4S/c23-17-4-16(19(27)10-31(28,29)21-9-25-12-26-21)18(24)5-20(17)30-11-22-6-13-1-14(7-22)3-15(2-13)8-22/h4-5,9,12-15H,1-3,6-8,10-11H2,(H,25,26). The van der Waals surface area contributed by atoms with Crippen molar-refractivity contribution in [3.63, 3.8) is 0 Å². The Morgan fingerprint density at radius 2 is 1.84 bits per heavy atom. The molecule has 6 nitrogen and oxygen atoms in total. The number of aromatic nitrogens is 2. The molecule has 9 heteroatoms. The molecule has 1 heterocycles. The molecule has 0 saturated heterocycles. The number of nitrogens with zero attached hydrogens (tertiary/aromatic N) is 1. The Hall–Kier alpha value is -1.93. The Morgan fingerprint density at radius 1 is 1.19 bits per heavy atom. The Balaban J connectivity index is 1.30. The molecule has 6 rings (SSSR count). The molecule has 1 N–H and O–H groups in total. The fraction of sp³-hybridized carbons (Fsp3) is 0.545. The molecule has 0 radical (unpaired) electrons. The third kappa shape index (κ3) is 4.00. The first-order valence-corrected chi connectivity index (χ1v) is 12.6. The first kappa shape index (κ1) is 20.9. The van der Waals surface area contributed by atoms with E-state index in [9.17, 15) is 17.6 Å². The fourth-order valence-electron chi connectivity index (χ4n) is 6.29. The number of ketones is 1. The quantitative estimate of drug-likeness (QED) is 0.609. The number of sulfone groups is 1. The number of aromatic amines is 1. The summed E-state index contributed by atoms with van der Waals surface area (Å²) in [5.41, 5.74) is -0.225. The zero-order chi connectivity index (χ0) is 21.8. The van der Waals surface area contributed by atoms with Crippen LogP contribution in [0.2, 0.25) is 5.02 Å². The van der Waals surface area contributed by atoms with Crippen molar-refractivity contribution in [3.05, 3.63) is 41.1 Å². The number of carbonyl (C=O) groups is 1. The Labute approximate surface area is 185 Å².